The molecular weight excluding hydrogens is 350 g/mol. The van der Waals surface area contributed by atoms with Crippen molar-refractivity contribution in [3.63, 3.8) is 0 Å². The summed E-state index contributed by atoms with van der Waals surface area (Å²) < 4.78 is 0. The van der Waals surface area contributed by atoms with Crippen LogP contribution in [0.3, 0.4) is 0 Å². The van der Waals surface area contributed by atoms with Gasteiger partial charge in [-0.2, -0.15) is 0 Å². The van der Waals surface area contributed by atoms with Crippen molar-refractivity contribution in [1.29, 1.82) is 0 Å². The molecule has 1 aromatic carbocycles. The van der Waals surface area contributed by atoms with Gasteiger partial charge >= 0.3 is 11.8 Å². The highest BCUT2D eigenvalue weighted by Gasteiger charge is 2.37. The third kappa shape index (κ3) is 3.85. The Morgan fingerprint density at radius 2 is 1.81 bits per heavy atom. The highest BCUT2D eigenvalue weighted by Crippen LogP contribution is 2.39. The van der Waals surface area contributed by atoms with Gasteiger partial charge in [0.2, 0.25) is 11.8 Å². The molecule has 1 aliphatic heterocycles. The number of rotatable bonds is 5. The molecule has 0 atom stereocenters. The number of aryl methyl sites for hydroxylation is 1. The minimum atomic E-state index is -0.803. The quantitative estimate of drug-likeness (QED) is 0.523. The van der Waals surface area contributed by atoms with E-state index in [0.717, 1.165) is 24.2 Å². The minimum absolute atomic E-state index is 0.0104. The molecule has 1 aliphatic carbocycles. The largest absolute Gasteiger partial charge is 0.396 e. The lowest BCUT2D eigenvalue weighted by atomic mass is 9.69. The first kappa shape index (κ1) is 19.0. The van der Waals surface area contributed by atoms with Crippen LogP contribution in [0.4, 0.5) is 11.4 Å². The fraction of sp³-hybridized carbons (Fsp3) is 0.474. The van der Waals surface area contributed by atoms with Gasteiger partial charge in [0.25, 0.3) is 0 Å². The molecule has 27 heavy (non-hydrogen) atoms. The Balaban J connectivity index is 1.61. The lowest BCUT2D eigenvalue weighted by molar-refractivity contribution is -0.136. The van der Waals surface area contributed by atoms with Crippen molar-refractivity contribution >= 4 is 35.0 Å². The van der Waals surface area contributed by atoms with E-state index in [1.807, 2.05) is 0 Å². The topological polar surface area (TPSA) is 116 Å². The van der Waals surface area contributed by atoms with Crippen LogP contribution in [0.1, 0.15) is 37.7 Å². The Hall–Kier alpha value is -2.74. The zero-order valence-electron chi connectivity index (χ0n) is 15.2. The van der Waals surface area contributed by atoms with Crippen LogP contribution >= 0.6 is 0 Å². The number of imide groups is 1. The van der Waals surface area contributed by atoms with Gasteiger partial charge in [0.05, 0.1) is 12.3 Å². The van der Waals surface area contributed by atoms with E-state index in [4.69, 9.17) is 0 Å². The number of aliphatic hydroxyl groups is 1. The zero-order valence-corrected chi connectivity index (χ0v) is 15.2. The number of carbonyl (C=O) groups is 4. The first-order valence-electron chi connectivity index (χ1n) is 9.02. The Morgan fingerprint density at radius 1 is 1.15 bits per heavy atom. The van der Waals surface area contributed by atoms with Crippen LogP contribution in [0.5, 0.6) is 0 Å². The van der Waals surface area contributed by atoms with Crippen molar-refractivity contribution in [3.8, 4) is 0 Å². The molecule has 1 saturated heterocycles. The van der Waals surface area contributed by atoms with Crippen molar-refractivity contribution in [2.45, 2.75) is 39.0 Å². The van der Waals surface area contributed by atoms with Gasteiger partial charge in [-0.25, -0.2) is 0 Å². The summed E-state index contributed by atoms with van der Waals surface area (Å²) in [5, 5.41) is 14.5. The molecule has 8 nitrogen and oxygen atoms in total. The number of hydrogen-bond donors (Lipinski definition) is 3. The van der Waals surface area contributed by atoms with E-state index < -0.39 is 11.8 Å². The number of aliphatic hydroxyl groups excluding tert-OH is 1. The maximum Gasteiger partial charge on any atom is 0.313 e. The van der Waals surface area contributed by atoms with E-state index in [1.54, 1.807) is 25.1 Å². The van der Waals surface area contributed by atoms with Gasteiger partial charge in [-0.1, -0.05) is 6.42 Å². The number of benzene rings is 1. The molecule has 0 bridgehead atoms. The molecule has 144 valence electrons. The summed E-state index contributed by atoms with van der Waals surface area (Å²) in [5.74, 6) is -2.05. The third-order valence-corrected chi connectivity index (χ3v) is 5.33. The standard InChI is InChI=1S/C19H23N3O5/c1-12-9-13(3-4-14(12)22-15(24)5-6-16(22)25)21-18(27)17(26)20-10-19(11-23)7-2-8-19/h3-4,9,23H,2,5-8,10-11H2,1H3,(H,20,26)(H,21,27). The minimum Gasteiger partial charge on any atom is -0.396 e. The SMILES string of the molecule is Cc1cc(NC(=O)C(=O)NCC2(CO)CCC2)ccc1N1C(=O)CCC1=O. The zero-order chi connectivity index (χ0) is 19.6. The Labute approximate surface area is 156 Å². The van der Waals surface area contributed by atoms with Crippen molar-refractivity contribution in [3.05, 3.63) is 23.8 Å². The molecule has 8 heteroatoms. The molecule has 3 N–H and O–H groups in total. The van der Waals surface area contributed by atoms with Crippen LogP contribution in [-0.4, -0.2) is 41.9 Å². The predicted molar refractivity (Wildman–Crippen MR) is 97.9 cm³/mol. The fourth-order valence-electron chi connectivity index (χ4n) is 3.43. The Morgan fingerprint density at radius 3 is 2.33 bits per heavy atom. The molecular formula is C19H23N3O5. The molecule has 1 saturated carbocycles. The Bertz CT molecular complexity index is 779. The highest BCUT2D eigenvalue weighted by atomic mass is 16.3. The second-order valence-electron chi connectivity index (χ2n) is 7.27. The number of nitrogens with zero attached hydrogens (tertiary/aromatic N) is 1. The highest BCUT2D eigenvalue weighted by molar-refractivity contribution is 6.39. The Kier molecular flexibility index (Phi) is 5.27. The van der Waals surface area contributed by atoms with E-state index >= 15 is 0 Å². The van der Waals surface area contributed by atoms with E-state index in [1.165, 1.54) is 0 Å². The smallest absolute Gasteiger partial charge is 0.313 e. The van der Waals surface area contributed by atoms with Crippen molar-refractivity contribution < 1.29 is 24.3 Å². The predicted octanol–water partition coefficient (Wildman–Crippen LogP) is 0.866. The fourth-order valence-corrected chi connectivity index (χ4v) is 3.43. The van der Waals surface area contributed by atoms with Crippen LogP contribution in [0.15, 0.2) is 18.2 Å². The normalized spacial score (nSPS) is 18.2. The summed E-state index contributed by atoms with van der Waals surface area (Å²) in [7, 11) is 0. The molecule has 0 radical (unpaired) electrons. The number of carbonyl (C=O) groups excluding carboxylic acids is 4. The van der Waals surface area contributed by atoms with Gasteiger partial charge in [-0.3, -0.25) is 24.1 Å². The second kappa shape index (κ2) is 7.48. The molecule has 0 spiro atoms. The van der Waals surface area contributed by atoms with Gasteiger partial charge in [0.1, 0.15) is 0 Å². The summed E-state index contributed by atoms with van der Waals surface area (Å²) in [4.78, 5) is 48.9. The van der Waals surface area contributed by atoms with Gasteiger partial charge in [0.15, 0.2) is 0 Å². The summed E-state index contributed by atoms with van der Waals surface area (Å²) in [6.07, 6.45) is 3.08. The molecule has 1 heterocycles. The van der Waals surface area contributed by atoms with E-state index in [9.17, 15) is 24.3 Å². The van der Waals surface area contributed by atoms with Crippen molar-refractivity contribution in [2.24, 2.45) is 5.41 Å². The number of anilines is 2. The van der Waals surface area contributed by atoms with E-state index in [0.29, 0.717) is 16.9 Å². The van der Waals surface area contributed by atoms with Gasteiger partial charge < -0.3 is 15.7 Å². The molecule has 0 aromatic heterocycles. The molecule has 1 aromatic rings. The first-order valence-corrected chi connectivity index (χ1v) is 9.02. The number of hydrogen-bond acceptors (Lipinski definition) is 5. The maximum absolute atomic E-state index is 12.1. The molecule has 0 unspecified atom stereocenters. The summed E-state index contributed by atoms with van der Waals surface area (Å²) in [5.41, 5.74) is 1.23. The maximum atomic E-state index is 12.1. The number of amides is 4. The summed E-state index contributed by atoms with van der Waals surface area (Å²) in [6, 6.07) is 4.74. The van der Waals surface area contributed by atoms with Crippen LogP contribution in [0.25, 0.3) is 0 Å². The molecule has 2 aliphatic rings. The molecule has 2 fully saturated rings. The van der Waals surface area contributed by atoms with E-state index in [2.05, 4.69) is 10.6 Å². The monoisotopic (exact) mass is 373 g/mol. The summed E-state index contributed by atoms with van der Waals surface area (Å²) in [6.45, 7) is 1.99. The molecule has 4 amide bonds. The third-order valence-electron chi connectivity index (χ3n) is 5.33. The van der Waals surface area contributed by atoms with Crippen molar-refractivity contribution in [2.75, 3.05) is 23.4 Å². The van der Waals surface area contributed by atoms with Crippen LogP contribution in [0, 0.1) is 12.3 Å². The average molecular weight is 373 g/mol. The molecule has 3 rings (SSSR count). The van der Waals surface area contributed by atoms with Crippen LogP contribution in [0.2, 0.25) is 0 Å². The lowest BCUT2D eigenvalue weighted by Crippen LogP contribution is -2.47. The second-order valence-corrected chi connectivity index (χ2v) is 7.27. The first-order chi connectivity index (χ1) is 12.8. The van der Waals surface area contributed by atoms with Gasteiger partial charge in [-0.15, -0.1) is 0 Å². The van der Waals surface area contributed by atoms with Crippen molar-refractivity contribution in [1.82, 2.24) is 5.32 Å². The number of nitrogens with one attached hydrogen (secondary N) is 2. The lowest BCUT2D eigenvalue weighted by Gasteiger charge is -2.40. The van der Waals surface area contributed by atoms with E-state index in [-0.39, 0.29) is 43.2 Å². The summed E-state index contributed by atoms with van der Waals surface area (Å²) >= 11 is 0. The van der Waals surface area contributed by atoms with Gasteiger partial charge in [0, 0.05) is 30.5 Å². The van der Waals surface area contributed by atoms with Crippen LogP contribution < -0.4 is 15.5 Å². The average Bonchev–Trinajstić information content (AvgIpc) is 2.93. The van der Waals surface area contributed by atoms with Crippen LogP contribution in [-0.2, 0) is 19.2 Å². The van der Waals surface area contributed by atoms with Gasteiger partial charge in [-0.05, 0) is 43.5 Å².